The molecule has 1 amide bonds. The van der Waals surface area contributed by atoms with E-state index in [4.69, 9.17) is 4.74 Å². The molecular weight excluding hydrogens is 264 g/mol. The number of amidine groups is 1. The van der Waals surface area contributed by atoms with Crippen molar-refractivity contribution in [3.05, 3.63) is 35.0 Å². The first-order valence-corrected chi connectivity index (χ1v) is 7.43. The maximum Gasteiger partial charge on any atom is 0.275 e. The van der Waals surface area contributed by atoms with E-state index in [-0.39, 0.29) is 5.91 Å². The summed E-state index contributed by atoms with van der Waals surface area (Å²) in [6.45, 7) is 2.02. The highest BCUT2D eigenvalue weighted by Crippen LogP contribution is 2.29. The SMILES string of the molecule is COc1ccc(C)cc1/C=C1/N=C(C2CCCC2)NC1=O. The molecule has 2 aliphatic rings. The molecule has 0 spiro atoms. The lowest BCUT2D eigenvalue weighted by Crippen LogP contribution is -2.29. The van der Waals surface area contributed by atoms with Gasteiger partial charge in [-0.25, -0.2) is 4.99 Å². The maximum absolute atomic E-state index is 12.1. The van der Waals surface area contributed by atoms with Crippen molar-refractivity contribution < 1.29 is 9.53 Å². The number of methoxy groups -OCH3 is 1. The minimum atomic E-state index is -0.111. The van der Waals surface area contributed by atoms with E-state index in [2.05, 4.69) is 10.3 Å². The highest BCUT2D eigenvalue weighted by molar-refractivity contribution is 6.15. The van der Waals surface area contributed by atoms with Gasteiger partial charge in [0.15, 0.2) is 0 Å². The molecule has 1 fully saturated rings. The van der Waals surface area contributed by atoms with E-state index in [0.717, 1.165) is 35.6 Å². The molecule has 1 aromatic rings. The Kier molecular flexibility index (Phi) is 3.78. The third-order valence-corrected chi connectivity index (χ3v) is 4.13. The Hall–Kier alpha value is -2.10. The second-order valence-electron chi connectivity index (χ2n) is 5.71. The second-order valence-corrected chi connectivity index (χ2v) is 5.71. The van der Waals surface area contributed by atoms with Gasteiger partial charge in [0.25, 0.3) is 5.91 Å². The van der Waals surface area contributed by atoms with Crippen molar-refractivity contribution in [3.8, 4) is 5.75 Å². The number of ether oxygens (including phenoxy) is 1. The summed E-state index contributed by atoms with van der Waals surface area (Å²) in [6, 6.07) is 5.90. The number of aliphatic imine (C=N–C) groups is 1. The van der Waals surface area contributed by atoms with Gasteiger partial charge < -0.3 is 10.1 Å². The molecule has 0 aromatic heterocycles. The number of benzene rings is 1. The van der Waals surface area contributed by atoms with E-state index in [1.165, 1.54) is 12.8 Å². The number of amides is 1. The average molecular weight is 284 g/mol. The molecule has 1 aliphatic carbocycles. The highest BCUT2D eigenvalue weighted by atomic mass is 16.5. The Morgan fingerprint density at radius 1 is 1.33 bits per heavy atom. The van der Waals surface area contributed by atoms with Gasteiger partial charge in [-0.1, -0.05) is 24.5 Å². The zero-order valence-electron chi connectivity index (χ0n) is 12.5. The number of carbonyl (C=O) groups is 1. The summed E-state index contributed by atoms with van der Waals surface area (Å²) in [5, 5.41) is 2.92. The third kappa shape index (κ3) is 2.84. The van der Waals surface area contributed by atoms with Gasteiger partial charge in [-0.2, -0.15) is 0 Å². The first kappa shape index (κ1) is 13.9. The van der Waals surface area contributed by atoms with Gasteiger partial charge in [0.2, 0.25) is 0 Å². The van der Waals surface area contributed by atoms with Crippen LogP contribution in [0.25, 0.3) is 6.08 Å². The molecule has 1 saturated carbocycles. The summed E-state index contributed by atoms with van der Waals surface area (Å²) in [7, 11) is 1.63. The maximum atomic E-state index is 12.1. The molecule has 0 bridgehead atoms. The molecule has 0 unspecified atom stereocenters. The molecule has 4 nitrogen and oxygen atoms in total. The smallest absolute Gasteiger partial charge is 0.275 e. The predicted octanol–water partition coefficient (Wildman–Crippen LogP) is 3.06. The molecular formula is C17H20N2O2. The Balaban J connectivity index is 1.92. The molecule has 110 valence electrons. The van der Waals surface area contributed by atoms with Crippen molar-refractivity contribution in [1.82, 2.24) is 5.32 Å². The Bertz CT molecular complexity index is 626. The number of hydrogen-bond donors (Lipinski definition) is 1. The van der Waals surface area contributed by atoms with Gasteiger partial charge in [0, 0.05) is 11.5 Å². The lowest BCUT2D eigenvalue weighted by Gasteiger charge is -2.06. The van der Waals surface area contributed by atoms with Crippen LogP contribution >= 0.6 is 0 Å². The summed E-state index contributed by atoms with van der Waals surface area (Å²) >= 11 is 0. The normalized spacial score (nSPS) is 20.8. The molecule has 3 rings (SSSR count). The van der Waals surface area contributed by atoms with Crippen LogP contribution in [0.2, 0.25) is 0 Å². The monoisotopic (exact) mass is 284 g/mol. The molecule has 1 heterocycles. The van der Waals surface area contributed by atoms with Gasteiger partial charge in [0.1, 0.15) is 17.3 Å². The number of nitrogens with one attached hydrogen (secondary N) is 1. The third-order valence-electron chi connectivity index (χ3n) is 4.13. The van der Waals surface area contributed by atoms with Crippen LogP contribution in [-0.4, -0.2) is 18.9 Å². The van der Waals surface area contributed by atoms with Gasteiger partial charge in [0.05, 0.1) is 7.11 Å². The quantitative estimate of drug-likeness (QED) is 0.867. The highest BCUT2D eigenvalue weighted by Gasteiger charge is 2.28. The molecule has 0 atom stereocenters. The number of nitrogens with zero attached hydrogens (tertiary/aromatic N) is 1. The molecule has 1 aromatic carbocycles. The van der Waals surface area contributed by atoms with Crippen molar-refractivity contribution in [3.63, 3.8) is 0 Å². The van der Waals surface area contributed by atoms with E-state index < -0.39 is 0 Å². The minimum Gasteiger partial charge on any atom is -0.496 e. The summed E-state index contributed by atoms with van der Waals surface area (Å²) in [5.74, 6) is 1.90. The summed E-state index contributed by atoms with van der Waals surface area (Å²) in [6.07, 6.45) is 6.51. The lowest BCUT2D eigenvalue weighted by atomic mass is 10.1. The van der Waals surface area contributed by atoms with Crippen molar-refractivity contribution >= 4 is 17.8 Å². The topological polar surface area (TPSA) is 50.7 Å². The van der Waals surface area contributed by atoms with Crippen LogP contribution in [0, 0.1) is 12.8 Å². The molecule has 0 saturated heterocycles. The average Bonchev–Trinajstić information content (AvgIpc) is 3.10. The Morgan fingerprint density at radius 3 is 2.81 bits per heavy atom. The summed E-state index contributed by atoms with van der Waals surface area (Å²) in [4.78, 5) is 16.6. The fraction of sp³-hybridized carbons (Fsp3) is 0.412. The van der Waals surface area contributed by atoms with Crippen molar-refractivity contribution in [2.45, 2.75) is 32.6 Å². The van der Waals surface area contributed by atoms with Crippen LogP contribution in [0.4, 0.5) is 0 Å². The standard InChI is InChI=1S/C17H20N2O2/c1-11-7-8-15(21-2)13(9-11)10-14-17(20)19-16(18-14)12-5-3-4-6-12/h7-10,12H,3-6H2,1-2H3,(H,18,19,20)/b14-10+. The van der Waals surface area contributed by atoms with Crippen LogP contribution in [0.15, 0.2) is 28.9 Å². The fourth-order valence-corrected chi connectivity index (χ4v) is 2.99. The van der Waals surface area contributed by atoms with Crippen molar-refractivity contribution in [1.29, 1.82) is 0 Å². The molecule has 0 radical (unpaired) electrons. The predicted molar refractivity (Wildman–Crippen MR) is 83.2 cm³/mol. The van der Waals surface area contributed by atoms with Crippen LogP contribution in [0.3, 0.4) is 0 Å². The van der Waals surface area contributed by atoms with Crippen LogP contribution in [0.5, 0.6) is 5.75 Å². The number of carbonyl (C=O) groups excluding carboxylic acids is 1. The van der Waals surface area contributed by atoms with E-state index in [0.29, 0.717) is 11.6 Å². The number of hydrogen-bond acceptors (Lipinski definition) is 3. The van der Waals surface area contributed by atoms with Gasteiger partial charge in [-0.3, -0.25) is 4.79 Å². The van der Waals surface area contributed by atoms with Crippen molar-refractivity contribution in [2.75, 3.05) is 7.11 Å². The van der Waals surface area contributed by atoms with Gasteiger partial charge in [-0.15, -0.1) is 0 Å². The zero-order valence-corrected chi connectivity index (χ0v) is 12.5. The second kappa shape index (κ2) is 5.72. The van der Waals surface area contributed by atoms with E-state index in [9.17, 15) is 4.79 Å². The molecule has 21 heavy (non-hydrogen) atoms. The van der Waals surface area contributed by atoms with Gasteiger partial charge in [-0.05, 0) is 38.0 Å². The number of aryl methyl sites for hydroxylation is 1. The van der Waals surface area contributed by atoms with Gasteiger partial charge >= 0.3 is 0 Å². The minimum absolute atomic E-state index is 0.111. The van der Waals surface area contributed by atoms with Crippen LogP contribution in [-0.2, 0) is 4.79 Å². The largest absolute Gasteiger partial charge is 0.496 e. The number of rotatable bonds is 3. The summed E-state index contributed by atoms with van der Waals surface area (Å²) in [5.41, 5.74) is 2.49. The van der Waals surface area contributed by atoms with Crippen LogP contribution < -0.4 is 10.1 Å². The first-order chi connectivity index (χ1) is 10.2. The first-order valence-electron chi connectivity index (χ1n) is 7.43. The molecule has 1 N–H and O–H groups in total. The Morgan fingerprint density at radius 2 is 2.10 bits per heavy atom. The zero-order chi connectivity index (χ0) is 14.8. The van der Waals surface area contributed by atoms with Crippen LogP contribution in [0.1, 0.15) is 36.8 Å². The fourth-order valence-electron chi connectivity index (χ4n) is 2.99. The van der Waals surface area contributed by atoms with E-state index in [1.807, 2.05) is 31.2 Å². The van der Waals surface area contributed by atoms with Crippen molar-refractivity contribution in [2.24, 2.45) is 10.9 Å². The van der Waals surface area contributed by atoms with E-state index in [1.54, 1.807) is 7.11 Å². The molecule has 4 heteroatoms. The van der Waals surface area contributed by atoms with E-state index >= 15 is 0 Å². The Labute approximate surface area is 124 Å². The molecule has 1 aliphatic heterocycles. The summed E-state index contributed by atoms with van der Waals surface area (Å²) < 4.78 is 5.35. The lowest BCUT2D eigenvalue weighted by molar-refractivity contribution is -0.115.